The summed E-state index contributed by atoms with van der Waals surface area (Å²) in [5.41, 5.74) is 2.69. The average molecular weight is 426 g/mol. The summed E-state index contributed by atoms with van der Waals surface area (Å²) in [5.74, 6) is 0. The zero-order chi connectivity index (χ0) is 21.5. The van der Waals surface area contributed by atoms with Gasteiger partial charge in [0.2, 0.25) is 10.0 Å². The highest BCUT2D eigenvalue weighted by molar-refractivity contribution is 7.89. The lowest BCUT2D eigenvalue weighted by molar-refractivity contribution is 0.433. The highest BCUT2D eigenvalue weighted by Crippen LogP contribution is 2.24. The molecule has 4 rings (SSSR count). The second-order valence-corrected chi connectivity index (χ2v) is 9.39. The summed E-state index contributed by atoms with van der Waals surface area (Å²) in [6, 6.07) is 14.3. The molecule has 1 aromatic heterocycles. The van der Waals surface area contributed by atoms with Crippen LogP contribution in [0.1, 0.15) is 12.0 Å². The van der Waals surface area contributed by atoms with Gasteiger partial charge < -0.3 is 4.90 Å². The van der Waals surface area contributed by atoms with Crippen molar-refractivity contribution in [1.82, 2.24) is 13.4 Å². The Morgan fingerprint density at radius 1 is 0.900 bits per heavy atom. The molecule has 8 nitrogen and oxygen atoms in total. The molecule has 0 spiro atoms. The summed E-state index contributed by atoms with van der Waals surface area (Å²) < 4.78 is 31.1. The first kappa shape index (κ1) is 20.2. The maximum atomic E-state index is 13.3. The topological polar surface area (TPSA) is 91.3 Å². The number of aryl methyl sites for hydroxylation is 2. The molecule has 0 atom stereocenters. The molecule has 0 aliphatic carbocycles. The van der Waals surface area contributed by atoms with Crippen LogP contribution in [0.2, 0.25) is 0 Å². The molecular formula is C21H23N5O3S. The monoisotopic (exact) mass is 425 g/mol. The van der Waals surface area contributed by atoms with Crippen LogP contribution in [0.3, 0.4) is 0 Å². The largest absolute Gasteiger partial charge is 0.370 e. The van der Waals surface area contributed by atoms with Crippen LogP contribution in [0.25, 0.3) is 11.0 Å². The molecule has 9 heteroatoms. The minimum atomic E-state index is -3.67. The molecule has 30 heavy (non-hydrogen) atoms. The van der Waals surface area contributed by atoms with Gasteiger partial charge in [-0.05, 0) is 48.9 Å². The molecule has 0 N–H and O–H groups in total. The third-order valence-electron chi connectivity index (χ3n) is 5.70. The van der Waals surface area contributed by atoms with E-state index in [-0.39, 0.29) is 10.6 Å². The van der Waals surface area contributed by atoms with E-state index in [0.29, 0.717) is 42.7 Å². The molecule has 2 heterocycles. The van der Waals surface area contributed by atoms with E-state index in [0.717, 1.165) is 12.2 Å². The number of hydrogen-bond acceptors (Lipinski definition) is 5. The minimum absolute atomic E-state index is 0.188. The van der Waals surface area contributed by atoms with Gasteiger partial charge in [0.1, 0.15) is 0 Å². The predicted octanol–water partition coefficient (Wildman–Crippen LogP) is 1.65. The highest BCUT2D eigenvalue weighted by atomic mass is 32.2. The van der Waals surface area contributed by atoms with Crippen LogP contribution in [0.5, 0.6) is 0 Å². The summed E-state index contributed by atoms with van der Waals surface area (Å²) >= 11 is 0. The van der Waals surface area contributed by atoms with E-state index < -0.39 is 10.0 Å². The van der Waals surface area contributed by atoms with Gasteiger partial charge in [0.05, 0.1) is 27.6 Å². The molecule has 0 amide bonds. The first-order chi connectivity index (χ1) is 14.3. The number of nitriles is 1. The zero-order valence-electron chi connectivity index (χ0n) is 16.9. The molecule has 1 saturated heterocycles. The Hall–Kier alpha value is -3.09. The van der Waals surface area contributed by atoms with Crippen molar-refractivity contribution in [2.24, 2.45) is 14.1 Å². The van der Waals surface area contributed by atoms with E-state index in [2.05, 4.69) is 11.0 Å². The molecular weight excluding hydrogens is 402 g/mol. The van der Waals surface area contributed by atoms with Crippen molar-refractivity contribution >= 4 is 26.7 Å². The lowest BCUT2D eigenvalue weighted by Gasteiger charge is -2.23. The van der Waals surface area contributed by atoms with Gasteiger partial charge in [-0.15, -0.1) is 0 Å². The van der Waals surface area contributed by atoms with E-state index in [1.54, 1.807) is 44.4 Å². The molecule has 0 bridgehead atoms. The summed E-state index contributed by atoms with van der Waals surface area (Å²) in [4.78, 5) is 14.5. The Labute approximate surface area is 175 Å². The quantitative estimate of drug-likeness (QED) is 0.636. The van der Waals surface area contributed by atoms with Crippen molar-refractivity contribution in [2.75, 3.05) is 31.1 Å². The van der Waals surface area contributed by atoms with Crippen LogP contribution < -0.4 is 10.6 Å². The number of aromatic nitrogens is 2. The molecule has 0 unspecified atom stereocenters. The zero-order valence-corrected chi connectivity index (χ0v) is 17.8. The van der Waals surface area contributed by atoms with Crippen molar-refractivity contribution in [3.05, 3.63) is 58.5 Å². The van der Waals surface area contributed by atoms with E-state index in [4.69, 9.17) is 5.26 Å². The van der Waals surface area contributed by atoms with Gasteiger partial charge in [0.25, 0.3) is 0 Å². The number of rotatable bonds is 3. The normalized spacial score (nSPS) is 15.8. The molecule has 2 aromatic carbocycles. The number of sulfonamides is 1. The van der Waals surface area contributed by atoms with Gasteiger partial charge in [0, 0.05) is 46.0 Å². The first-order valence-electron chi connectivity index (χ1n) is 9.73. The van der Waals surface area contributed by atoms with Gasteiger partial charge in [-0.2, -0.15) is 9.57 Å². The van der Waals surface area contributed by atoms with E-state index in [9.17, 15) is 13.2 Å². The van der Waals surface area contributed by atoms with Crippen LogP contribution in [-0.4, -0.2) is 48.0 Å². The SMILES string of the molecule is Cn1c(=O)n(C)c2cc(S(=O)(=O)N3CCCN(c4ccc(C#N)cc4)CC3)ccc21. The smallest absolute Gasteiger partial charge is 0.328 e. The number of nitrogens with zero attached hydrogens (tertiary/aromatic N) is 5. The maximum Gasteiger partial charge on any atom is 0.328 e. The van der Waals surface area contributed by atoms with E-state index in [1.807, 2.05) is 12.1 Å². The van der Waals surface area contributed by atoms with Crippen LogP contribution in [0, 0.1) is 11.3 Å². The summed E-state index contributed by atoms with van der Waals surface area (Å²) in [6.07, 6.45) is 0.700. The Bertz CT molecular complexity index is 1300. The lowest BCUT2D eigenvalue weighted by atomic mass is 10.2. The van der Waals surface area contributed by atoms with Gasteiger partial charge in [-0.25, -0.2) is 13.2 Å². The highest BCUT2D eigenvalue weighted by Gasteiger charge is 2.28. The Balaban J connectivity index is 1.59. The standard InChI is InChI=1S/C21H23N5O3S/c1-23-19-9-8-18(14-20(19)24(2)21(23)27)30(28,29)26-11-3-10-25(12-13-26)17-6-4-16(15-22)5-7-17/h4-9,14H,3,10-13H2,1-2H3. The number of anilines is 1. The molecule has 1 aliphatic heterocycles. The van der Waals surface area contributed by atoms with Crippen molar-refractivity contribution in [1.29, 1.82) is 5.26 Å². The minimum Gasteiger partial charge on any atom is -0.370 e. The molecule has 156 valence electrons. The van der Waals surface area contributed by atoms with Crippen LogP contribution in [-0.2, 0) is 24.1 Å². The second-order valence-electron chi connectivity index (χ2n) is 7.45. The molecule has 1 fully saturated rings. The first-order valence-corrected chi connectivity index (χ1v) is 11.2. The van der Waals surface area contributed by atoms with E-state index in [1.165, 1.54) is 13.4 Å². The fourth-order valence-corrected chi connectivity index (χ4v) is 5.43. The fraction of sp³-hybridized carbons (Fsp3) is 0.333. The summed E-state index contributed by atoms with van der Waals surface area (Å²) in [6.45, 7) is 2.11. The summed E-state index contributed by atoms with van der Waals surface area (Å²) in [7, 11) is -0.361. The van der Waals surface area contributed by atoms with Crippen LogP contribution in [0.4, 0.5) is 5.69 Å². The Morgan fingerprint density at radius 3 is 2.30 bits per heavy atom. The average Bonchev–Trinajstić information content (AvgIpc) is 2.94. The van der Waals surface area contributed by atoms with E-state index >= 15 is 0 Å². The maximum absolute atomic E-state index is 13.3. The predicted molar refractivity (Wildman–Crippen MR) is 115 cm³/mol. The molecule has 0 saturated carbocycles. The molecule has 1 aliphatic rings. The Kier molecular flexibility index (Phi) is 5.13. The number of fused-ring (bicyclic) bond motifs is 1. The molecule has 0 radical (unpaired) electrons. The van der Waals surface area contributed by atoms with Crippen molar-refractivity contribution in [3.63, 3.8) is 0 Å². The number of imidazole rings is 1. The van der Waals surface area contributed by atoms with Gasteiger partial charge in [-0.3, -0.25) is 9.13 Å². The van der Waals surface area contributed by atoms with Gasteiger partial charge in [0.15, 0.2) is 0 Å². The summed E-state index contributed by atoms with van der Waals surface area (Å²) in [5, 5.41) is 8.96. The number of hydrogen-bond donors (Lipinski definition) is 0. The van der Waals surface area contributed by atoms with Gasteiger partial charge >= 0.3 is 5.69 Å². The van der Waals surface area contributed by atoms with Crippen LogP contribution in [0.15, 0.2) is 52.2 Å². The van der Waals surface area contributed by atoms with Crippen molar-refractivity contribution in [3.8, 4) is 6.07 Å². The Morgan fingerprint density at radius 2 is 1.60 bits per heavy atom. The van der Waals surface area contributed by atoms with Crippen molar-refractivity contribution in [2.45, 2.75) is 11.3 Å². The van der Waals surface area contributed by atoms with Crippen molar-refractivity contribution < 1.29 is 8.42 Å². The lowest BCUT2D eigenvalue weighted by Crippen LogP contribution is -2.35. The third kappa shape index (κ3) is 3.38. The van der Waals surface area contributed by atoms with Crippen LogP contribution >= 0.6 is 0 Å². The second kappa shape index (κ2) is 7.63. The van der Waals surface area contributed by atoms with Gasteiger partial charge in [-0.1, -0.05) is 0 Å². The third-order valence-corrected chi connectivity index (χ3v) is 7.59. The fourth-order valence-electron chi connectivity index (χ4n) is 3.94. The number of benzene rings is 2. The molecule has 3 aromatic rings.